The first kappa shape index (κ1) is 9.59. The zero-order valence-corrected chi connectivity index (χ0v) is 8.83. The highest BCUT2D eigenvalue weighted by molar-refractivity contribution is 4.99. The third-order valence-electron chi connectivity index (χ3n) is 2.81. The van der Waals surface area contributed by atoms with Gasteiger partial charge in [0, 0.05) is 18.8 Å². The molecule has 0 spiro atoms. The Balaban J connectivity index is 1.75. The summed E-state index contributed by atoms with van der Waals surface area (Å²) >= 11 is 0. The van der Waals surface area contributed by atoms with Crippen LogP contribution in [-0.4, -0.2) is 16.0 Å². The van der Waals surface area contributed by atoms with Crippen LogP contribution in [0.2, 0.25) is 0 Å². The fraction of sp³-hybridized carbons (Fsp3) is 0.636. The lowest BCUT2D eigenvalue weighted by Crippen LogP contribution is -2.45. The molecular formula is C11H17N3. The average molecular weight is 191 g/mol. The summed E-state index contributed by atoms with van der Waals surface area (Å²) in [6.07, 6.45) is 5.94. The van der Waals surface area contributed by atoms with Gasteiger partial charge in [-0.15, -0.1) is 0 Å². The molecule has 76 valence electrons. The lowest BCUT2D eigenvalue weighted by Gasteiger charge is -2.43. The van der Waals surface area contributed by atoms with Crippen molar-refractivity contribution in [2.75, 3.05) is 0 Å². The van der Waals surface area contributed by atoms with Gasteiger partial charge < -0.3 is 5.32 Å². The average Bonchev–Trinajstić information content (AvgIpc) is 2.13. The van der Waals surface area contributed by atoms with E-state index in [1.807, 2.05) is 6.07 Å². The van der Waals surface area contributed by atoms with Crippen molar-refractivity contribution in [2.45, 2.75) is 39.3 Å². The maximum atomic E-state index is 4.17. The first-order valence-corrected chi connectivity index (χ1v) is 5.14. The van der Waals surface area contributed by atoms with Crippen LogP contribution < -0.4 is 5.32 Å². The maximum absolute atomic E-state index is 4.17. The van der Waals surface area contributed by atoms with Gasteiger partial charge in [-0.2, -0.15) is 0 Å². The lowest BCUT2D eigenvalue weighted by atomic mass is 9.68. The van der Waals surface area contributed by atoms with Gasteiger partial charge in [-0.3, -0.25) is 0 Å². The van der Waals surface area contributed by atoms with Crippen LogP contribution in [0.1, 0.15) is 32.4 Å². The van der Waals surface area contributed by atoms with Crippen molar-refractivity contribution >= 4 is 0 Å². The third kappa shape index (κ3) is 2.29. The van der Waals surface area contributed by atoms with E-state index in [1.165, 1.54) is 12.8 Å². The Kier molecular flexibility index (Phi) is 2.50. The van der Waals surface area contributed by atoms with E-state index >= 15 is 0 Å². The molecule has 0 unspecified atom stereocenters. The summed E-state index contributed by atoms with van der Waals surface area (Å²) in [7, 11) is 0. The van der Waals surface area contributed by atoms with Crippen LogP contribution in [0.4, 0.5) is 0 Å². The molecule has 0 aliphatic heterocycles. The fourth-order valence-corrected chi connectivity index (χ4v) is 2.09. The quantitative estimate of drug-likeness (QED) is 0.791. The summed E-state index contributed by atoms with van der Waals surface area (Å²) in [5.41, 5.74) is 1.62. The van der Waals surface area contributed by atoms with Gasteiger partial charge in [-0.05, 0) is 24.3 Å². The predicted octanol–water partition coefficient (Wildman–Crippen LogP) is 1.75. The molecular weight excluding hydrogens is 174 g/mol. The Hall–Kier alpha value is -0.960. The zero-order valence-electron chi connectivity index (χ0n) is 8.83. The van der Waals surface area contributed by atoms with Crippen molar-refractivity contribution < 1.29 is 0 Å². The maximum Gasteiger partial charge on any atom is 0.115 e. The van der Waals surface area contributed by atoms with E-state index in [0.717, 1.165) is 12.2 Å². The molecule has 2 rings (SSSR count). The van der Waals surface area contributed by atoms with Gasteiger partial charge in [-0.1, -0.05) is 13.8 Å². The Morgan fingerprint density at radius 3 is 2.86 bits per heavy atom. The molecule has 1 saturated carbocycles. The van der Waals surface area contributed by atoms with Gasteiger partial charge in [0.05, 0.1) is 5.69 Å². The molecule has 0 saturated heterocycles. The highest BCUT2D eigenvalue weighted by atomic mass is 15.0. The Labute approximate surface area is 85.0 Å². The first-order valence-electron chi connectivity index (χ1n) is 5.14. The summed E-state index contributed by atoms with van der Waals surface area (Å²) in [6, 6.07) is 2.64. The van der Waals surface area contributed by atoms with E-state index in [1.54, 1.807) is 12.5 Å². The van der Waals surface area contributed by atoms with Crippen LogP contribution in [0, 0.1) is 5.41 Å². The van der Waals surface area contributed by atoms with E-state index in [4.69, 9.17) is 0 Å². The smallest absolute Gasteiger partial charge is 0.115 e. The van der Waals surface area contributed by atoms with Crippen molar-refractivity contribution in [3.05, 3.63) is 24.3 Å². The van der Waals surface area contributed by atoms with E-state index in [-0.39, 0.29) is 0 Å². The van der Waals surface area contributed by atoms with Crippen molar-refractivity contribution in [1.29, 1.82) is 0 Å². The summed E-state index contributed by atoms with van der Waals surface area (Å²) in [5.74, 6) is 0. The number of hydrogen-bond acceptors (Lipinski definition) is 3. The topological polar surface area (TPSA) is 37.8 Å². The third-order valence-corrected chi connectivity index (χ3v) is 2.81. The molecule has 3 nitrogen and oxygen atoms in total. The van der Waals surface area contributed by atoms with Gasteiger partial charge in [0.2, 0.25) is 0 Å². The van der Waals surface area contributed by atoms with Crippen LogP contribution in [0.25, 0.3) is 0 Å². The number of hydrogen-bond donors (Lipinski definition) is 1. The van der Waals surface area contributed by atoms with Gasteiger partial charge >= 0.3 is 0 Å². The van der Waals surface area contributed by atoms with Gasteiger partial charge in [0.1, 0.15) is 6.33 Å². The van der Waals surface area contributed by atoms with Gasteiger partial charge in [0.25, 0.3) is 0 Å². The molecule has 0 bridgehead atoms. The summed E-state index contributed by atoms with van der Waals surface area (Å²) < 4.78 is 0. The van der Waals surface area contributed by atoms with Crippen LogP contribution in [0.5, 0.6) is 0 Å². The second-order valence-electron chi connectivity index (χ2n) is 4.85. The second kappa shape index (κ2) is 3.65. The molecule has 1 N–H and O–H groups in total. The molecule has 1 aliphatic carbocycles. The van der Waals surface area contributed by atoms with Crippen molar-refractivity contribution in [2.24, 2.45) is 5.41 Å². The largest absolute Gasteiger partial charge is 0.308 e. The molecule has 1 fully saturated rings. The summed E-state index contributed by atoms with van der Waals surface area (Å²) in [4.78, 5) is 8.06. The molecule has 14 heavy (non-hydrogen) atoms. The molecule has 1 aromatic heterocycles. The van der Waals surface area contributed by atoms with E-state index in [2.05, 4.69) is 29.1 Å². The first-order chi connectivity index (χ1) is 6.66. The van der Waals surface area contributed by atoms with Crippen LogP contribution in [0.15, 0.2) is 18.6 Å². The predicted molar refractivity (Wildman–Crippen MR) is 55.7 cm³/mol. The standard InChI is InChI=1S/C11H17N3/c1-11(2)5-10(6-11)13-7-9-3-4-12-8-14-9/h3-4,8,10,13H,5-7H2,1-2H3. The lowest BCUT2D eigenvalue weighted by molar-refractivity contribution is 0.125. The Morgan fingerprint density at radius 2 is 2.29 bits per heavy atom. The molecule has 3 heteroatoms. The van der Waals surface area contributed by atoms with E-state index < -0.39 is 0 Å². The van der Waals surface area contributed by atoms with E-state index in [9.17, 15) is 0 Å². The molecule has 1 aliphatic rings. The van der Waals surface area contributed by atoms with Crippen molar-refractivity contribution in [3.63, 3.8) is 0 Å². The van der Waals surface area contributed by atoms with Crippen LogP contribution in [-0.2, 0) is 6.54 Å². The molecule has 1 heterocycles. The molecule has 0 aromatic carbocycles. The minimum atomic E-state index is 0.545. The van der Waals surface area contributed by atoms with Crippen LogP contribution >= 0.6 is 0 Å². The molecule has 1 aromatic rings. The molecule has 0 atom stereocenters. The minimum Gasteiger partial charge on any atom is -0.308 e. The second-order valence-corrected chi connectivity index (χ2v) is 4.85. The van der Waals surface area contributed by atoms with Crippen LogP contribution in [0.3, 0.4) is 0 Å². The highest BCUT2D eigenvalue weighted by Crippen LogP contribution is 2.39. The summed E-state index contributed by atoms with van der Waals surface area (Å²) in [6.45, 7) is 5.50. The van der Waals surface area contributed by atoms with Gasteiger partial charge in [-0.25, -0.2) is 9.97 Å². The normalized spacial score (nSPS) is 20.4. The van der Waals surface area contributed by atoms with Crippen molar-refractivity contribution in [1.82, 2.24) is 15.3 Å². The van der Waals surface area contributed by atoms with E-state index in [0.29, 0.717) is 11.5 Å². The molecule has 0 amide bonds. The number of rotatable bonds is 3. The number of aromatic nitrogens is 2. The zero-order chi connectivity index (χ0) is 10.0. The number of nitrogens with one attached hydrogen (secondary N) is 1. The fourth-order valence-electron chi connectivity index (χ4n) is 2.09. The van der Waals surface area contributed by atoms with Crippen molar-refractivity contribution in [3.8, 4) is 0 Å². The van der Waals surface area contributed by atoms with Gasteiger partial charge in [0.15, 0.2) is 0 Å². The highest BCUT2D eigenvalue weighted by Gasteiger charge is 2.35. The SMILES string of the molecule is CC1(C)CC(NCc2ccncn2)C1. The Bertz CT molecular complexity index is 287. The molecule has 0 radical (unpaired) electrons. The Morgan fingerprint density at radius 1 is 1.50 bits per heavy atom. The summed E-state index contributed by atoms with van der Waals surface area (Å²) in [5, 5.41) is 3.50. The monoisotopic (exact) mass is 191 g/mol. The number of nitrogens with zero attached hydrogens (tertiary/aromatic N) is 2. The minimum absolute atomic E-state index is 0.545.